The van der Waals surface area contributed by atoms with Gasteiger partial charge in [0.05, 0.1) is 12.1 Å². The van der Waals surface area contributed by atoms with Gasteiger partial charge in [0.25, 0.3) is 5.91 Å². The van der Waals surface area contributed by atoms with E-state index in [1.54, 1.807) is 48.5 Å². The molecule has 1 aliphatic heterocycles. The van der Waals surface area contributed by atoms with Gasteiger partial charge in [-0.3, -0.25) is 9.59 Å². The van der Waals surface area contributed by atoms with E-state index in [2.05, 4.69) is 31.3 Å². The number of fused-ring (bicyclic) bond motifs is 1. The second kappa shape index (κ2) is 6.63. The van der Waals surface area contributed by atoms with E-state index in [-0.39, 0.29) is 18.2 Å². The monoisotopic (exact) mass is 350 g/mol. The summed E-state index contributed by atoms with van der Waals surface area (Å²) < 4.78 is 5.63. The number of aromatic amines is 1. The van der Waals surface area contributed by atoms with Crippen molar-refractivity contribution in [3.8, 4) is 17.1 Å². The third kappa shape index (κ3) is 3.22. The molecule has 0 unspecified atom stereocenters. The lowest BCUT2D eigenvalue weighted by atomic mass is 10.1. The van der Waals surface area contributed by atoms with E-state index in [0.717, 1.165) is 0 Å². The van der Waals surface area contributed by atoms with E-state index in [0.29, 0.717) is 28.5 Å². The maximum atomic E-state index is 12.3. The van der Waals surface area contributed by atoms with Crippen LogP contribution in [0.15, 0.2) is 48.5 Å². The zero-order valence-corrected chi connectivity index (χ0v) is 13.5. The van der Waals surface area contributed by atoms with Gasteiger partial charge < -0.3 is 15.4 Å². The van der Waals surface area contributed by atoms with Crippen molar-refractivity contribution < 1.29 is 14.3 Å². The first-order valence-corrected chi connectivity index (χ1v) is 7.89. The molecule has 4 rings (SSSR count). The molecule has 0 saturated carbocycles. The number of tetrazole rings is 1. The predicted octanol–water partition coefficient (Wildman–Crippen LogP) is 1.59. The quantitative estimate of drug-likeness (QED) is 0.657. The summed E-state index contributed by atoms with van der Waals surface area (Å²) in [5.74, 6) is 0.283. The number of para-hydroxylation sites is 2. The van der Waals surface area contributed by atoms with Crippen molar-refractivity contribution in [1.29, 1.82) is 0 Å². The van der Waals surface area contributed by atoms with Crippen molar-refractivity contribution in [2.75, 3.05) is 10.6 Å². The van der Waals surface area contributed by atoms with Crippen LogP contribution in [0.1, 0.15) is 6.42 Å². The van der Waals surface area contributed by atoms with Crippen LogP contribution in [0.5, 0.6) is 5.75 Å². The third-order valence-corrected chi connectivity index (χ3v) is 3.83. The smallest absolute Gasteiger partial charge is 0.266 e. The van der Waals surface area contributed by atoms with Crippen LogP contribution in [-0.4, -0.2) is 38.5 Å². The van der Waals surface area contributed by atoms with Crippen LogP contribution in [0.25, 0.3) is 11.4 Å². The van der Waals surface area contributed by atoms with Crippen molar-refractivity contribution >= 4 is 23.2 Å². The fourth-order valence-electron chi connectivity index (χ4n) is 2.63. The summed E-state index contributed by atoms with van der Waals surface area (Å²) in [5.41, 5.74) is 1.87. The number of nitrogens with zero attached hydrogens (tertiary/aromatic N) is 3. The molecule has 2 aromatic carbocycles. The highest BCUT2D eigenvalue weighted by atomic mass is 16.5. The molecular formula is C17H14N6O3. The summed E-state index contributed by atoms with van der Waals surface area (Å²) in [6, 6.07) is 14.1. The van der Waals surface area contributed by atoms with Crippen molar-refractivity contribution in [2.45, 2.75) is 12.5 Å². The SMILES string of the molecule is O=C(C[C@H]1Oc2ccccc2NC1=O)Nc1cccc(-c2nn[nH]n2)c1. The number of carbonyl (C=O) groups excluding carboxylic acids is 2. The average molecular weight is 350 g/mol. The van der Waals surface area contributed by atoms with Crippen LogP contribution in [0.3, 0.4) is 0 Å². The molecule has 1 aromatic heterocycles. The van der Waals surface area contributed by atoms with Crippen LogP contribution >= 0.6 is 0 Å². The van der Waals surface area contributed by atoms with E-state index in [9.17, 15) is 9.59 Å². The Hall–Kier alpha value is -3.75. The van der Waals surface area contributed by atoms with Gasteiger partial charge in [-0.2, -0.15) is 5.21 Å². The number of hydrogen-bond donors (Lipinski definition) is 3. The molecule has 9 nitrogen and oxygen atoms in total. The molecule has 0 bridgehead atoms. The Morgan fingerprint density at radius 3 is 2.92 bits per heavy atom. The lowest BCUT2D eigenvalue weighted by Gasteiger charge is -2.25. The zero-order chi connectivity index (χ0) is 17.9. The molecular weight excluding hydrogens is 336 g/mol. The molecule has 2 heterocycles. The molecule has 2 amide bonds. The molecule has 9 heteroatoms. The second-order valence-corrected chi connectivity index (χ2v) is 5.66. The lowest BCUT2D eigenvalue weighted by molar-refractivity contribution is -0.128. The Balaban J connectivity index is 1.43. The number of anilines is 2. The standard InChI is InChI=1S/C17H14N6O3/c24-15(9-14-17(25)19-12-6-1-2-7-13(12)26-14)18-11-5-3-4-10(8-11)16-20-22-23-21-16/h1-8,14H,9H2,(H,18,24)(H,19,25)(H,20,21,22,23)/t14-/m1/s1. The van der Waals surface area contributed by atoms with E-state index in [4.69, 9.17) is 4.74 Å². The average Bonchev–Trinajstić information content (AvgIpc) is 3.17. The molecule has 0 fully saturated rings. The highest BCUT2D eigenvalue weighted by Gasteiger charge is 2.29. The van der Waals surface area contributed by atoms with Gasteiger partial charge in [0.15, 0.2) is 6.10 Å². The highest BCUT2D eigenvalue weighted by Crippen LogP contribution is 2.29. The number of benzene rings is 2. The van der Waals surface area contributed by atoms with Crippen molar-refractivity contribution in [3.05, 3.63) is 48.5 Å². The Kier molecular flexibility index (Phi) is 4.02. The fourth-order valence-corrected chi connectivity index (χ4v) is 2.63. The van der Waals surface area contributed by atoms with Crippen LogP contribution in [0, 0.1) is 0 Å². The second-order valence-electron chi connectivity index (χ2n) is 5.66. The van der Waals surface area contributed by atoms with Crippen molar-refractivity contribution in [1.82, 2.24) is 20.6 Å². The first-order chi connectivity index (χ1) is 12.7. The van der Waals surface area contributed by atoms with E-state index < -0.39 is 6.10 Å². The van der Waals surface area contributed by atoms with Gasteiger partial charge in [-0.15, -0.1) is 10.2 Å². The van der Waals surface area contributed by atoms with Gasteiger partial charge in [0, 0.05) is 11.3 Å². The highest BCUT2D eigenvalue weighted by molar-refractivity contribution is 6.02. The first kappa shape index (κ1) is 15.8. The molecule has 3 N–H and O–H groups in total. The first-order valence-electron chi connectivity index (χ1n) is 7.89. The summed E-state index contributed by atoms with van der Waals surface area (Å²) in [5, 5.41) is 19.2. The molecule has 0 aliphatic carbocycles. The van der Waals surface area contributed by atoms with Gasteiger partial charge in [-0.05, 0) is 29.5 Å². The minimum atomic E-state index is -0.884. The molecule has 1 aliphatic rings. The molecule has 130 valence electrons. The Bertz CT molecular complexity index is 957. The Morgan fingerprint density at radius 1 is 1.19 bits per heavy atom. The normalized spacial score (nSPS) is 15.5. The van der Waals surface area contributed by atoms with Crippen LogP contribution in [0.4, 0.5) is 11.4 Å². The Morgan fingerprint density at radius 2 is 2.08 bits per heavy atom. The Labute approximate surface area is 147 Å². The molecule has 26 heavy (non-hydrogen) atoms. The molecule has 1 atom stereocenters. The van der Waals surface area contributed by atoms with Gasteiger partial charge >= 0.3 is 0 Å². The van der Waals surface area contributed by atoms with Crippen LogP contribution < -0.4 is 15.4 Å². The maximum Gasteiger partial charge on any atom is 0.266 e. The minimum Gasteiger partial charge on any atom is -0.478 e. The van der Waals surface area contributed by atoms with Crippen LogP contribution in [0.2, 0.25) is 0 Å². The summed E-state index contributed by atoms with van der Waals surface area (Å²) in [7, 11) is 0. The summed E-state index contributed by atoms with van der Waals surface area (Å²) in [6.45, 7) is 0. The topological polar surface area (TPSA) is 122 Å². The number of hydrogen-bond acceptors (Lipinski definition) is 6. The summed E-state index contributed by atoms with van der Waals surface area (Å²) in [6.07, 6.45) is -0.989. The number of nitrogens with one attached hydrogen (secondary N) is 3. The van der Waals surface area contributed by atoms with Crippen molar-refractivity contribution in [3.63, 3.8) is 0 Å². The third-order valence-electron chi connectivity index (χ3n) is 3.83. The van der Waals surface area contributed by atoms with Gasteiger partial charge in [-0.1, -0.05) is 24.3 Å². The maximum absolute atomic E-state index is 12.3. The summed E-state index contributed by atoms with van der Waals surface area (Å²) >= 11 is 0. The molecule has 0 saturated heterocycles. The fraction of sp³-hybridized carbons (Fsp3) is 0.118. The van der Waals surface area contributed by atoms with E-state index in [1.807, 2.05) is 0 Å². The number of rotatable bonds is 4. The number of ether oxygens (including phenoxy) is 1. The zero-order valence-electron chi connectivity index (χ0n) is 13.5. The summed E-state index contributed by atoms with van der Waals surface area (Å²) in [4.78, 5) is 24.4. The van der Waals surface area contributed by atoms with Gasteiger partial charge in [-0.25, -0.2) is 0 Å². The van der Waals surface area contributed by atoms with E-state index >= 15 is 0 Å². The number of amides is 2. The number of H-pyrrole nitrogens is 1. The minimum absolute atomic E-state index is 0.105. The van der Waals surface area contributed by atoms with Gasteiger partial charge in [0.1, 0.15) is 5.75 Å². The largest absolute Gasteiger partial charge is 0.478 e. The number of carbonyl (C=O) groups is 2. The molecule has 3 aromatic rings. The molecule has 0 spiro atoms. The van der Waals surface area contributed by atoms with Crippen LogP contribution in [-0.2, 0) is 9.59 Å². The van der Waals surface area contributed by atoms with Gasteiger partial charge in [0.2, 0.25) is 11.7 Å². The lowest BCUT2D eigenvalue weighted by Crippen LogP contribution is -2.39. The van der Waals surface area contributed by atoms with E-state index in [1.165, 1.54) is 0 Å². The number of aromatic nitrogens is 4. The van der Waals surface area contributed by atoms with Crippen molar-refractivity contribution in [2.24, 2.45) is 0 Å². The molecule has 0 radical (unpaired) electrons. The predicted molar refractivity (Wildman–Crippen MR) is 92.3 cm³/mol.